The van der Waals surface area contributed by atoms with E-state index >= 15 is 0 Å². The van der Waals surface area contributed by atoms with Crippen LogP contribution in [-0.4, -0.2) is 35.4 Å². The fourth-order valence-corrected chi connectivity index (χ4v) is 3.70. The van der Waals surface area contributed by atoms with Gasteiger partial charge in [0.1, 0.15) is 0 Å². The number of carbonyl (C=O) groups excluding carboxylic acids is 1. The number of unbranched alkanes of at least 4 members (excludes halogenated alkanes) is 1. The first-order valence-electron chi connectivity index (χ1n) is 9.20. The molecule has 7 heteroatoms. The Balaban J connectivity index is 1.90. The Bertz CT molecular complexity index is 797. The van der Waals surface area contributed by atoms with Gasteiger partial charge in [0, 0.05) is 37.3 Å². The Hall–Kier alpha value is -1.98. The number of rotatable bonds is 5. The minimum Gasteiger partial charge on any atom is -0.396 e. The van der Waals surface area contributed by atoms with Crippen molar-refractivity contribution < 1.29 is 4.79 Å². The Morgan fingerprint density at radius 1 is 1.22 bits per heavy atom. The molecule has 1 amide bonds. The molecule has 0 spiro atoms. The minimum atomic E-state index is -0.0439. The third kappa shape index (κ3) is 4.66. The SMILES string of the molecule is CCCCC(=O)N1CCN(c2ncc(Cl)cc2N)C(c2ccc(Cl)cc2)C1. The second kappa shape index (κ2) is 8.81. The average molecular weight is 407 g/mol. The normalized spacial score (nSPS) is 17.2. The van der Waals surface area contributed by atoms with Gasteiger partial charge < -0.3 is 15.5 Å². The van der Waals surface area contributed by atoms with Crippen molar-refractivity contribution in [3.8, 4) is 0 Å². The summed E-state index contributed by atoms with van der Waals surface area (Å²) in [6.07, 6.45) is 4.12. The van der Waals surface area contributed by atoms with Crippen molar-refractivity contribution in [3.63, 3.8) is 0 Å². The molecule has 1 aromatic heterocycles. The van der Waals surface area contributed by atoms with E-state index in [9.17, 15) is 4.79 Å². The van der Waals surface area contributed by atoms with E-state index in [4.69, 9.17) is 28.9 Å². The fraction of sp³-hybridized carbons (Fsp3) is 0.400. The number of halogens is 2. The van der Waals surface area contributed by atoms with Crippen molar-refractivity contribution in [2.45, 2.75) is 32.2 Å². The standard InChI is InChI=1S/C20H24Cl2N4O/c1-2-3-4-19(27)25-9-10-26(20-17(23)11-16(22)12-24-20)18(13-25)14-5-7-15(21)8-6-14/h5-8,11-12,18H,2-4,9-10,13,23H2,1H3. The molecule has 1 aromatic carbocycles. The summed E-state index contributed by atoms with van der Waals surface area (Å²) in [7, 11) is 0. The van der Waals surface area contributed by atoms with Gasteiger partial charge in [-0.3, -0.25) is 4.79 Å². The molecule has 2 aromatic rings. The lowest BCUT2D eigenvalue weighted by molar-refractivity contribution is -0.132. The molecule has 27 heavy (non-hydrogen) atoms. The number of carbonyl (C=O) groups is 1. The van der Waals surface area contributed by atoms with Crippen LogP contribution in [0.15, 0.2) is 36.5 Å². The summed E-state index contributed by atoms with van der Waals surface area (Å²) in [6.45, 7) is 3.99. The van der Waals surface area contributed by atoms with Gasteiger partial charge in [-0.25, -0.2) is 4.98 Å². The summed E-state index contributed by atoms with van der Waals surface area (Å²) >= 11 is 12.1. The number of nitrogens with two attached hydrogens (primary N) is 1. The second-order valence-electron chi connectivity index (χ2n) is 6.77. The number of hydrogen-bond donors (Lipinski definition) is 1. The van der Waals surface area contributed by atoms with Crippen molar-refractivity contribution in [1.82, 2.24) is 9.88 Å². The fourth-order valence-electron chi connectivity index (χ4n) is 3.41. The molecule has 144 valence electrons. The number of pyridine rings is 1. The molecule has 0 bridgehead atoms. The van der Waals surface area contributed by atoms with Crippen molar-refractivity contribution in [2.75, 3.05) is 30.3 Å². The van der Waals surface area contributed by atoms with E-state index in [-0.39, 0.29) is 11.9 Å². The van der Waals surface area contributed by atoms with Crippen molar-refractivity contribution >= 4 is 40.6 Å². The van der Waals surface area contributed by atoms with Gasteiger partial charge in [-0.15, -0.1) is 0 Å². The molecular formula is C20H24Cl2N4O. The topological polar surface area (TPSA) is 62.5 Å². The minimum absolute atomic E-state index is 0.0439. The predicted molar refractivity (Wildman–Crippen MR) is 111 cm³/mol. The summed E-state index contributed by atoms with van der Waals surface area (Å²) in [6, 6.07) is 9.38. The van der Waals surface area contributed by atoms with E-state index in [2.05, 4.69) is 16.8 Å². The quantitative estimate of drug-likeness (QED) is 0.790. The third-order valence-electron chi connectivity index (χ3n) is 4.87. The summed E-state index contributed by atoms with van der Waals surface area (Å²) < 4.78 is 0. The molecule has 1 atom stereocenters. The summed E-state index contributed by atoms with van der Waals surface area (Å²) in [5.41, 5.74) is 7.79. The van der Waals surface area contributed by atoms with Gasteiger partial charge >= 0.3 is 0 Å². The van der Waals surface area contributed by atoms with Crippen LogP contribution in [-0.2, 0) is 4.79 Å². The van der Waals surface area contributed by atoms with Gasteiger partial charge in [0.2, 0.25) is 5.91 Å². The monoisotopic (exact) mass is 406 g/mol. The molecular weight excluding hydrogens is 383 g/mol. The van der Waals surface area contributed by atoms with Gasteiger partial charge in [-0.05, 0) is 30.2 Å². The maximum atomic E-state index is 12.6. The van der Waals surface area contributed by atoms with E-state index in [1.165, 1.54) is 0 Å². The van der Waals surface area contributed by atoms with E-state index < -0.39 is 0 Å². The van der Waals surface area contributed by atoms with Crippen LogP contribution in [0.25, 0.3) is 0 Å². The zero-order valence-electron chi connectivity index (χ0n) is 15.4. The molecule has 5 nitrogen and oxygen atoms in total. The molecule has 1 fully saturated rings. The molecule has 1 saturated heterocycles. The molecule has 2 heterocycles. The number of aromatic nitrogens is 1. The molecule has 0 radical (unpaired) electrons. The Morgan fingerprint density at radius 2 is 1.96 bits per heavy atom. The van der Waals surface area contributed by atoms with Crippen LogP contribution in [0.3, 0.4) is 0 Å². The molecule has 1 unspecified atom stereocenters. The number of amides is 1. The number of piperazine rings is 1. The summed E-state index contributed by atoms with van der Waals surface area (Å²) in [5, 5.41) is 1.19. The number of anilines is 2. The Labute approximate surface area is 170 Å². The van der Waals surface area contributed by atoms with E-state index in [0.29, 0.717) is 47.6 Å². The van der Waals surface area contributed by atoms with Gasteiger partial charge in [0.05, 0.1) is 16.8 Å². The molecule has 2 N–H and O–H groups in total. The zero-order chi connectivity index (χ0) is 19.4. The lowest BCUT2D eigenvalue weighted by Crippen LogP contribution is -2.51. The van der Waals surface area contributed by atoms with E-state index in [1.807, 2.05) is 29.2 Å². The first-order valence-corrected chi connectivity index (χ1v) is 9.96. The lowest BCUT2D eigenvalue weighted by Gasteiger charge is -2.42. The van der Waals surface area contributed by atoms with Crippen LogP contribution in [0.5, 0.6) is 0 Å². The smallest absolute Gasteiger partial charge is 0.222 e. The van der Waals surface area contributed by atoms with Crippen molar-refractivity contribution in [2.24, 2.45) is 0 Å². The predicted octanol–water partition coefficient (Wildman–Crippen LogP) is 4.55. The maximum Gasteiger partial charge on any atom is 0.222 e. The second-order valence-corrected chi connectivity index (χ2v) is 7.64. The number of nitrogen functional groups attached to an aromatic ring is 1. The lowest BCUT2D eigenvalue weighted by atomic mass is 10.0. The molecule has 3 rings (SSSR count). The van der Waals surface area contributed by atoms with Gasteiger partial charge in [-0.2, -0.15) is 0 Å². The molecule has 0 aliphatic carbocycles. The largest absolute Gasteiger partial charge is 0.396 e. The highest BCUT2D eigenvalue weighted by atomic mass is 35.5. The highest BCUT2D eigenvalue weighted by molar-refractivity contribution is 6.31. The van der Waals surface area contributed by atoms with Crippen molar-refractivity contribution in [1.29, 1.82) is 0 Å². The molecule has 1 aliphatic heterocycles. The van der Waals surface area contributed by atoms with Gasteiger partial charge in [0.25, 0.3) is 0 Å². The summed E-state index contributed by atoms with van der Waals surface area (Å²) in [5.74, 6) is 0.896. The number of benzene rings is 1. The van der Waals surface area contributed by atoms with Crippen LogP contribution in [0.1, 0.15) is 37.8 Å². The summed E-state index contributed by atoms with van der Waals surface area (Å²) in [4.78, 5) is 21.1. The van der Waals surface area contributed by atoms with Crippen molar-refractivity contribution in [3.05, 3.63) is 52.1 Å². The van der Waals surface area contributed by atoms with Gasteiger partial charge in [-0.1, -0.05) is 48.7 Å². The van der Waals surface area contributed by atoms with E-state index in [0.717, 1.165) is 18.4 Å². The highest BCUT2D eigenvalue weighted by Crippen LogP contribution is 2.34. The number of nitrogens with zero attached hydrogens (tertiary/aromatic N) is 3. The number of hydrogen-bond acceptors (Lipinski definition) is 4. The Kier molecular flexibility index (Phi) is 6.45. The zero-order valence-corrected chi connectivity index (χ0v) is 16.9. The van der Waals surface area contributed by atoms with Crippen LogP contribution >= 0.6 is 23.2 Å². The molecule has 1 aliphatic rings. The van der Waals surface area contributed by atoms with Gasteiger partial charge in [0.15, 0.2) is 5.82 Å². The van der Waals surface area contributed by atoms with Crippen LogP contribution in [0.2, 0.25) is 10.0 Å². The average Bonchev–Trinajstić information content (AvgIpc) is 2.66. The molecule has 0 saturated carbocycles. The third-order valence-corrected chi connectivity index (χ3v) is 5.32. The van der Waals surface area contributed by atoms with Crippen LogP contribution in [0, 0.1) is 0 Å². The first-order chi connectivity index (χ1) is 13.0. The van der Waals surface area contributed by atoms with Crippen LogP contribution < -0.4 is 10.6 Å². The maximum absolute atomic E-state index is 12.6. The Morgan fingerprint density at radius 3 is 2.63 bits per heavy atom. The highest BCUT2D eigenvalue weighted by Gasteiger charge is 2.32. The van der Waals surface area contributed by atoms with Crippen LogP contribution in [0.4, 0.5) is 11.5 Å². The first kappa shape index (κ1) is 19.8. The van der Waals surface area contributed by atoms with E-state index in [1.54, 1.807) is 12.3 Å².